The first-order valence-corrected chi connectivity index (χ1v) is 6.43. The summed E-state index contributed by atoms with van der Waals surface area (Å²) in [5, 5.41) is 0. The normalized spacial score (nSPS) is 30.5. The van der Waals surface area contributed by atoms with Crippen LogP contribution in [-0.4, -0.2) is 35.6 Å². The van der Waals surface area contributed by atoms with Crippen molar-refractivity contribution >= 4 is 23.5 Å². The van der Waals surface area contributed by atoms with Gasteiger partial charge in [0.15, 0.2) is 0 Å². The molecule has 2 atom stereocenters. The predicted molar refractivity (Wildman–Crippen MR) is 55.7 cm³/mol. The first kappa shape index (κ1) is 10.7. The van der Waals surface area contributed by atoms with Gasteiger partial charge in [0.2, 0.25) is 0 Å². The third kappa shape index (κ3) is 3.56. The standard InChI is InChI=1S/C8H16O2S2/c1-3-11-7-5-9-6-8(10-7)12-4-2/h7-8H,3-6H2,1-2H3/t7-,8+. The summed E-state index contributed by atoms with van der Waals surface area (Å²) in [7, 11) is 0. The van der Waals surface area contributed by atoms with Gasteiger partial charge in [-0.3, -0.25) is 0 Å². The van der Waals surface area contributed by atoms with Gasteiger partial charge in [-0.1, -0.05) is 13.8 Å². The molecule has 0 bridgehead atoms. The molecule has 1 saturated heterocycles. The van der Waals surface area contributed by atoms with E-state index in [0.717, 1.165) is 24.7 Å². The number of ether oxygens (including phenoxy) is 2. The lowest BCUT2D eigenvalue weighted by Crippen LogP contribution is -2.32. The summed E-state index contributed by atoms with van der Waals surface area (Å²) in [6.07, 6.45) is 0. The summed E-state index contributed by atoms with van der Waals surface area (Å²) < 4.78 is 11.2. The van der Waals surface area contributed by atoms with Gasteiger partial charge in [-0.2, -0.15) is 0 Å². The van der Waals surface area contributed by atoms with E-state index in [9.17, 15) is 0 Å². The first-order chi connectivity index (χ1) is 5.86. The lowest BCUT2D eigenvalue weighted by Gasteiger charge is -2.28. The fraction of sp³-hybridized carbons (Fsp3) is 1.00. The monoisotopic (exact) mass is 208 g/mol. The molecule has 0 aliphatic carbocycles. The Kier molecular flexibility index (Phi) is 5.47. The molecular formula is C8H16O2S2. The molecule has 4 heteroatoms. The average molecular weight is 208 g/mol. The third-order valence-electron chi connectivity index (χ3n) is 1.52. The van der Waals surface area contributed by atoms with E-state index in [0.29, 0.717) is 0 Å². The van der Waals surface area contributed by atoms with Crippen molar-refractivity contribution in [1.82, 2.24) is 0 Å². The minimum Gasteiger partial charge on any atom is -0.374 e. The smallest absolute Gasteiger partial charge is 0.128 e. The van der Waals surface area contributed by atoms with Crippen molar-refractivity contribution in [3.8, 4) is 0 Å². The fourth-order valence-corrected chi connectivity index (χ4v) is 2.68. The van der Waals surface area contributed by atoms with Gasteiger partial charge >= 0.3 is 0 Å². The van der Waals surface area contributed by atoms with Gasteiger partial charge < -0.3 is 9.47 Å². The highest BCUT2D eigenvalue weighted by Gasteiger charge is 2.22. The molecular weight excluding hydrogens is 192 g/mol. The minimum absolute atomic E-state index is 0.257. The van der Waals surface area contributed by atoms with Gasteiger partial charge in [0.25, 0.3) is 0 Å². The summed E-state index contributed by atoms with van der Waals surface area (Å²) in [6.45, 7) is 5.79. The van der Waals surface area contributed by atoms with Crippen LogP contribution in [0.2, 0.25) is 0 Å². The van der Waals surface area contributed by atoms with Crippen LogP contribution in [0.3, 0.4) is 0 Å². The van der Waals surface area contributed by atoms with Crippen molar-refractivity contribution in [3.63, 3.8) is 0 Å². The zero-order chi connectivity index (χ0) is 8.81. The van der Waals surface area contributed by atoms with Crippen molar-refractivity contribution in [2.75, 3.05) is 24.7 Å². The van der Waals surface area contributed by atoms with Crippen LogP contribution >= 0.6 is 23.5 Å². The van der Waals surface area contributed by atoms with E-state index >= 15 is 0 Å². The molecule has 0 radical (unpaired) electrons. The lowest BCUT2D eigenvalue weighted by molar-refractivity contribution is -0.0659. The predicted octanol–water partition coefficient (Wildman–Crippen LogP) is 2.19. The Hall–Kier alpha value is 0.620. The van der Waals surface area contributed by atoms with E-state index in [1.54, 1.807) is 0 Å². The maximum Gasteiger partial charge on any atom is 0.128 e. The maximum absolute atomic E-state index is 5.77. The third-order valence-corrected chi connectivity index (χ3v) is 3.42. The highest BCUT2D eigenvalue weighted by Crippen LogP contribution is 2.24. The highest BCUT2D eigenvalue weighted by atomic mass is 32.2. The molecule has 12 heavy (non-hydrogen) atoms. The van der Waals surface area contributed by atoms with Crippen LogP contribution in [0.15, 0.2) is 0 Å². The molecule has 1 heterocycles. The second kappa shape index (κ2) is 6.13. The molecule has 1 aliphatic rings. The molecule has 0 aromatic rings. The van der Waals surface area contributed by atoms with E-state index in [4.69, 9.17) is 9.47 Å². The van der Waals surface area contributed by atoms with Crippen molar-refractivity contribution < 1.29 is 9.47 Å². The molecule has 2 nitrogen and oxygen atoms in total. The van der Waals surface area contributed by atoms with Crippen LogP contribution in [0.25, 0.3) is 0 Å². The molecule has 1 aliphatic heterocycles. The van der Waals surface area contributed by atoms with E-state index in [1.165, 1.54) is 0 Å². The second-order valence-corrected chi connectivity index (χ2v) is 5.32. The molecule has 1 rings (SSSR count). The van der Waals surface area contributed by atoms with Gasteiger partial charge in [-0.15, -0.1) is 23.5 Å². The Morgan fingerprint density at radius 3 is 2.00 bits per heavy atom. The van der Waals surface area contributed by atoms with E-state index in [-0.39, 0.29) is 10.9 Å². The number of hydrogen-bond acceptors (Lipinski definition) is 4. The van der Waals surface area contributed by atoms with Crippen LogP contribution in [0.5, 0.6) is 0 Å². The SMILES string of the molecule is CCS[C@@H]1COC[C@H](SCC)O1. The molecule has 0 N–H and O–H groups in total. The zero-order valence-electron chi connectivity index (χ0n) is 7.62. The molecule has 0 saturated carbocycles. The molecule has 0 unspecified atom stereocenters. The molecule has 0 aromatic carbocycles. The van der Waals surface area contributed by atoms with Crippen LogP contribution in [0.4, 0.5) is 0 Å². The van der Waals surface area contributed by atoms with Crippen molar-refractivity contribution in [3.05, 3.63) is 0 Å². The molecule has 1 fully saturated rings. The fourth-order valence-electron chi connectivity index (χ4n) is 1.05. The summed E-state index contributed by atoms with van der Waals surface area (Å²) in [5.74, 6) is 2.19. The molecule has 72 valence electrons. The minimum atomic E-state index is 0.257. The highest BCUT2D eigenvalue weighted by molar-refractivity contribution is 8.00. The number of hydrogen-bond donors (Lipinski definition) is 0. The van der Waals surface area contributed by atoms with Gasteiger partial charge in [0, 0.05) is 0 Å². The second-order valence-electron chi connectivity index (χ2n) is 2.44. The average Bonchev–Trinajstić information content (AvgIpc) is 2.06. The van der Waals surface area contributed by atoms with Crippen molar-refractivity contribution in [2.24, 2.45) is 0 Å². The van der Waals surface area contributed by atoms with Gasteiger partial charge in [-0.05, 0) is 11.5 Å². The van der Waals surface area contributed by atoms with E-state index < -0.39 is 0 Å². The Morgan fingerprint density at radius 2 is 1.58 bits per heavy atom. The van der Waals surface area contributed by atoms with E-state index in [1.807, 2.05) is 23.5 Å². The van der Waals surface area contributed by atoms with Gasteiger partial charge in [0.05, 0.1) is 13.2 Å². The number of thioether (sulfide) groups is 2. The van der Waals surface area contributed by atoms with Crippen LogP contribution in [-0.2, 0) is 9.47 Å². The Bertz CT molecular complexity index is 106. The molecule has 0 amide bonds. The van der Waals surface area contributed by atoms with E-state index in [2.05, 4.69) is 13.8 Å². The topological polar surface area (TPSA) is 18.5 Å². The summed E-state index contributed by atoms with van der Waals surface area (Å²) >= 11 is 3.64. The molecule has 0 aromatic heterocycles. The summed E-state index contributed by atoms with van der Waals surface area (Å²) in [5.41, 5.74) is 0.514. The van der Waals surface area contributed by atoms with Crippen LogP contribution < -0.4 is 0 Å². The van der Waals surface area contributed by atoms with Crippen LogP contribution in [0, 0.1) is 0 Å². The summed E-state index contributed by atoms with van der Waals surface area (Å²) in [6, 6.07) is 0. The Morgan fingerprint density at radius 1 is 1.08 bits per heavy atom. The van der Waals surface area contributed by atoms with Crippen molar-refractivity contribution in [2.45, 2.75) is 24.7 Å². The summed E-state index contributed by atoms with van der Waals surface area (Å²) in [4.78, 5) is 0. The van der Waals surface area contributed by atoms with Gasteiger partial charge in [-0.25, -0.2) is 0 Å². The van der Waals surface area contributed by atoms with Gasteiger partial charge in [0.1, 0.15) is 10.9 Å². The Labute approximate surface area is 82.8 Å². The van der Waals surface area contributed by atoms with Crippen LogP contribution in [0.1, 0.15) is 13.8 Å². The molecule has 0 spiro atoms. The maximum atomic E-state index is 5.77. The number of rotatable bonds is 4. The quantitative estimate of drug-likeness (QED) is 0.704. The zero-order valence-corrected chi connectivity index (χ0v) is 9.25. The van der Waals surface area contributed by atoms with Crippen molar-refractivity contribution in [1.29, 1.82) is 0 Å². The largest absolute Gasteiger partial charge is 0.374 e. The Balaban J connectivity index is 2.20. The first-order valence-electron chi connectivity index (χ1n) is 4.33. The lowest BCUT2D eigenvalue weighted by atomic mass is 10.6.